The number of hydrogen-bond donors (Lipinski definition) is 0. The molecule has 0 saturated heterocycles. The third kappa shape index (κ3) is 6.05. The van der Waals surface area contributed by atoms with Crippen LogP contribution in [0.5, 0.6) is 0 Å². The molecule has 0 heterocycles. The second-order valence-electron chi connectivity index (χ2n) is 2.68. The summed E-state index contributed by atoms with van der Waals surface area (Å²) in [6.07, 6.45) is 2.43. The van der Waals surface area contributed by atoms with Gasteiger partial charge in [-0.1, -0.05) is 13.8 Å². The normalized spacial score (nSPS) is 10.5. The summed E-state index contributed by atoms with van der Waals surface area (Å²) < 4.78 is 0. The van der Waals surface area contributed by atoms with Gasteiger partial charge in [0.25, 0.3) is 0 Å². The molecule has 11 heavy (non-hydrogen) atoms. The topological polar surface area (TPSA) is 15.6 Å². The van der Waals surface area contributed by atoms with E-state index in [0.717, 1.165) is 19.6 Å². The zero-order chi connectivity index (χ0) is 8.53. The van der Waals surface area contributed by atoms with Gasteiger partial charge in [-0.25, -0.2) is 0 Å². The highest BCUT2D eigenvalue weighted by Crippen LogP contribution is 1.94. The van der Waals surface area contributed by atoms with E-state index in [2.05, 4.69) is 30.5 Å². The highest BCUT2D eigenvalue weighted by Gasteiger charge is 1.96. The van der Waals surface area contributed by atoms with Crippen molar-refractivity contribution in [1.82, 2.24) is 4.90 Å². The van der Waals surface area contributed by atoms with Crippen molar-refractivity contribution in [3.8, 4) is 0 Å². The van der Waals surface area contributed by atoms with Crippen LogP contribution in [0.1, 0.15) is 26.7 Å². The van der Waals surface area contributed by atoms with Crippen molar-refractivity contribution < 1.29 is 0 Å². The van der Waals surface area contributed by atoms with Crippen molar-refractivity contribution in [2.75, 3.05) is 26.2 Å². The fourth-order valence-electron chi connectivity index (χ4n) is 1.10. The average Bonchev–Trinajstić information content (AvgIpc) is 2.05. The Morgan fingerprint density at radius 3 is 2.27 bits per heavy atom. The fourth-order valence-corrected chi connectivity index (χ4v) is 1.10. The van der Waals surface area contributed by atoms with Crippen LogP contribution in [0.4, 0.5) is 0 Å². The number of hydrogen-bond acceptors (Lipinski definition) is 2. The summed E-state index contributed by atoms with van der Waals surface area (Å²) in [6, 6.07) is 0. The van der Waals surface area contributed by atoms with Crippen LogP contribution in [0.15, 0.2) is 4.99 Å². The number of nitrogens with zero attached hydrogens (tertiary/aromatic N) is 2. The molecule has 2 heteroatoms. The van der Waals surface area contributed by atoms with Crippen LogP contribution in [0.25, 0.3) is 0 Å². The van der Waals surface area contributed by atoms with Gasteiger partial charge in [-0.05, 0) is 39.2 Å². The Kier molecular flexibility index (Phi) is 7.47. The molecule has 0 aliphatic rings. The van der Waals surface area contributed by atoms with Crippen molar-refractivity contribution in [3.63, 3.8) is 0 Å². The van der Waals surface area contributed by atoms with E-state index in [1.165, 1.54) is 19.4 Å². The van der Waals surface area contributed by atoms with E-state index in [1.807, 2.05) is 0 Å². The molecule has 0 radical (unpaired) electrons. The van der Waals surface area contributed by atoms with E-state index in [0.29, 0.717) is 0 Å². The van der Waals surface area contributed by atoms with Gasteiger partial charge >= 0.3 is 0 Å². The van der Waals surface area contributed by atoms with Crippen molar-refractivity contribution in [1.29, 1.82) is 0 Å². The van der Waals surface area contributed by atoms with E-state index < -0.39 is 0 Å². The molecule has 0 unspecified atom stereocenters. The first-order valence-corrected chi connectivity index (χ1v) is 4.50. The standard InChI is InChI=1S/C9H20N2/c1-4-11(5-2)9-7-6-8-10-3/h3-9H2,1-2H3. The minimum atomic E-state index is 0.918. The van der Waals surface area contributed by atoms with Crippen LogP contribution >= 0.6 is 0 Å². The summed E-state index contributed by atoms with van der Waals surface area (Å²) in [5.74, 6) is 0. The summed E-state index contributed by atoms with van der Waals surface area (Å²) in [5.41, 5.74) is 0. The van der Waals surface area contributed by atoms with Crippen LogP contribution in [0.3, 0.4) is 0 Å². The Morgan fingerprint density at radius 2 is 1.82 bits per heavy atom. The molecule has 0 saturated carbocycles. The molecule has 0 atom stereocenters. The minimum absolute atomic E-state index is 0.918. The van der Waals surface area contributed by atoms with E-state index >= 15 is 0 Å². The van der Waals surface area contributed by atoms with Gasteiger partial charge in [-0.2, -0.15) is 0 Å². The molecule has 66 valence electrons. The first-order chi connectivity index (χ1) is 5.35. The highest BCUT2D eigenvalue weighted by atomic mass is 15.1. The van der Waals surface area contributed by atoms with Gasteiger partial charge < -0.3 is 9.89 Å². The number of rotatable bonds is 7. The summed E-state index contributed by atoms with van der Waals surface area (Å²) >= 11 is 0. The van der Waals surface area contributed by atoms with Crippen LogP contribution < -0.4 is 0 Å². The fraction of sp³-hybridized carbons (Fsp3) is 0.889. The van der Waals surface area contributed by atoms with E-state index in [4.69, 9.17) is 0 Å². The molecule has 0 amide bonds. The van der Waals surface area contributed by atoms with Gasteiger partial charge in [-0.15, -0.1) is 0 Å². The van der Waals surface area contributed by atoms with Gasteiger partial charge in [0.2, 0.25) is 0 Å². The van der Waals surface area contributed by atoms with Crippen LogP contribution in [0, 0.1) is 0 Å². The predicted molar refractivity (Wildman–Crippen MR) is 51.4 cm³/mol. The van der Waals surface area contributed by atoms with Crippen LogP contribution in [-0.2, 0) is 0 Å². The molecule has 0 N–H and O–H groups in total. The summed E-state index contributed by atoms with van der Waals surface area (Å²) in [6.45, 7) is 12.3. The third-order valence-corrected chi connectivity index (χ3v) is 1.93. The molecular weight excluding hydrogens is 136 g/mol. The Hall–Kier alpha value is -0.370. The first kappa shape index (κ1) is 10.6. The van der Waals surface area contributed by atoms with Crippen molar-refractivity contribution >= 4 is 6.72 Å². The molecule has 0 rings (SSSR count). The maximum Gasteiger partial charge on any atom is 0.0382 e. The minimum Gasteiger partial charge on any atom is -0.304 e. The van der Waals surface area contributed by atoms with Gasteiger partial charge in [0, 0.05) is 6.54 Å². The molecular formula is C9H20N2. The number of unbranched alkanes of at least 4 members (excludes halogenated alkanes) is 1. The summed E-state index contributed by atoms with van der Waals surface area (Å²) in [5, 5.41) is 0. The molecule has 0 bridgehead atoms. The molecule has 0 fully saturated rings. The molecule has 0 aromatic heterocycles. The Balaban J connectivity index is 3.13. The van der Waals surface area contributed by atoms with E-state index in [-0.39, 0.29) is 0 Å². The van der Waals surface area contributed by atoms with Crippen molar-refractivity contribution in [3.05, 3.63) is 0 Å². The molecule has 0 aromatic rings. The molecule has 0 spiro atoms. The summed E-state index contributed by atoms with van der Waals surface area (Å²) in [4.78, 5) is 6.25. The zero-order valence-corrected chi connectivity index (χ0v) is 7.84. The maximum absolute atomic E-state index is 3.82. The lowest BCUT2D eigenvalue weighted by Gasteiger charge is -2.16. The smallest absolute Gasteiger partial charge is 0.0382 e. The Bertz CT molecular complexity index is 87.6. The average molecular weight is 156 g/mol. The van der Waals surface area contributed by atoms with Gasteiger partial charge in [-0.3, -0.25) is 0 Å². The third-order valence-electron chi connectivity index (χ3n) is 1.93. The van der Waals surface area contributed by atoms with E-state index in [9.17, 15) is 0 Å². The predicted octanol–water partition coefficient (Wildman–Crippen LogP) is 1.81. The molecule has 2 nitrogen and oxygen atoms in total. The van der Waals surface area contributed by atoms with Crippen LogP contribution in [0.2, 0.25) is 0 Å². The monoisotopic (exact) mass is 156 g/mol. The molecule has 0 aromatic carbocycles. The lowest BCUT2D eigenvalue weighted by atomic mass is 10.3. The largest absolute Gasteiger partial charge is 0.304 e. The van der Waals surface area contributed by atoms with E-state index in [1.54, 1.807) is 0 Å². The second-order valence-corrected chi connectivity index (χ2v) is 2.68. The lowest BCUT2D eigenvalue weighted by molar-refractivity contribution is 0.298. The Labute approximate surface area is 70.3 Å². The van der Waals surface area contributed by atoms with Crippen molar-refractivity contribution in [2.45, 2.75) is 26.7 Å². The first-order valence-electron chi connectivity index (χ1n) is 4.50. The quantitative estimate of drug-likeness (QED) is 0.405. The number of aliphatic imine (C=N–C) groups is 1. The summed E-state index contributed by atoms with van der Waals surface area (Å²) in [7, 11) is 0. The van der Waals surface area contributed by atoms with Crippen molar-refractivity contribution in [2.24, 2.45) is 4.99 Å². The maximum atomic E-state index is 3.82. The van der Waals surface area contributed by atoms with Gasteiger partial charge in [0.05, 0.1) is 0 Å². The van der Waals surface area contributed by atoms with Crippen LogP contribution in [-0.4, -0.2) is 37.8 Å². The van der Waals surface area contributed by atoms with Gasteiger partial charge in [0.1, 0.15) is 0 Å². The Morgan fingerprint density at radius 1 is 1.18 bits per heavy atom. The SMILES string of the molecule is C=NCCCCN(CC)CC. The van der Waals surface area contributed by atoms with Gasteiger partial charge in [0.15, 0.2) is 0 Å². The molecule has 0 aliphatic carbocycles. The second kappa shape index (κ2) is 7.73. The highest BCUT2D eigenvalue weighted by molar-refractivity contribution is 5.22. The zero-order valence-electron chi connectivity index (χ0n) is 7.84. The lowest BCUT2D eigenvalue weighted by Crippen LogP contribution is -2.23. The molecule has 0 aliphatic heterocycles.